The van der Waals surface area contributed by atoms with Crippen LogP contribution in [0.3, 0.4) is 0 Å². The van der Waals surface area contributed by atoms with E-state index in [1.807, 2.05) is 0 Å². The van der Waals surface area contributed by atoms with Crippen LogP contribution in [0.25, 0.3) is 0 Å². The fourth-order valence-electron chi connectivity index (χ4n) is 2.31. The highest BCUT2D eigenvalue weighted by Gasteiger charge is 2.48. The third kappa shape index (κ3) is 3.86. The van der Waals surface area contributed by atoms with Crippen molar-refractivity contribution < 1.29 is 14.0 Å². The van der Waals surface area contributed by atoms with Gasteiger partial charge in [-0.2, -0.15) is 0 Å². The molecule has 5 nitrogen and oxygen atoms in total. The van der Waals surface area contributed by atoms with Crippen LogP contribution in [0.4, 0.5) is 5.69 Å². The number of rotatable bonds is 5. The van der Waals surface area contributed by atoms with Crippen LogP contribution in [-0.4, -0.2) is 11.8 Å². The van der Waals surface area contributed by atoms with Gasteiger partial charge in [-0.25, -0.2) is 0 Å². The van der Waals surface area contributed by atoms with E-state index in [2.05, 4.69) is 10.6 Å². The average Bonchev–Trinajstić information content (AvgIpc) is 3.16. The minimum atomic E-state index is -0.335. The second kappa shape index (κ2) is 6.64. The minimum Gasteiger partial charge on any atom is -0.467 e. The average molecular weight is 353 g/mol. The quantitative estimate of drug-likeness (QED) is 0.865. The van der Waals surface area contributed by atoms with Gasteiger partial charge in [0.05, 0.1) is 35.4 Å². The zero-order valence-corrected chi connectivity index (χ0v) is 13.5. The van der Waals surface area contributed by atoms with Crippen LogP contribution >= 0.6 is 23.2 Å². The van der Waals surface area contributed by atoms with Crippen LogP contribution in [0.2, 0.25) is 10.0 Å². The lowest BCUT2D eigenvalue weighted by Crippen LogP contribution is -2.26. The highest BCUT2D eigenvalue weighted by Crippen LogP contribution is 2.40. The Morgan fingerprint density at radius 1 is 1.17 bits per heavy atom. The van der Waals surface area contributed by atoms with Crippen LogP contribution in [0.5, 0.6) is 0 Å². The molecule has 7 heteroatoms. The third-order valence-electron chi connectivity index (χ3n) is 3.67. The molecule has 1 aliphatic rings. The lowest BCUT2D eigenvalue weighted by atomic mass is 10.2. The molecule has 0 saturated heterocycles. The lowest BCUT2D eigenvalue weighted by Gasteiger charge is -2.07. The van der Waals surface area contributed by atoms with Crippen molar-refractivity contribution in [3.05, 3.63) is 52.4 Å². The first-order valence-electron chi connectivity index (χ1n) is 7.10. The third-order valence-corrected chi connectivity index (χ3v) is 4.22. The molecule has 1 saturated carbocycles. The van der Waals surface area contributed by atoms with E-state index in [0.29, 0.717) is 34.5 Å². The summed E-state index contributed by atoms with van der Waals surface area (Å²) in [4.78, 5) is 24.2. The van der Waals surface area contributed by atoms with Crippen molar-refractivity contribution in [2.75, 3.05) is 5.32 Å². The van der Waals surface area contributed by atoms with E-state index in [0.717, 1.165) is 0 Å². The summed E-state index contributed by atoms with van der Waals surface area (Å²) in [6.07, 6.45) is 2.08. The number of benzene rings is 1. The zero-order valence-electron chi connectivity index (χ0n) is 12.0. The molecular weight excluding hydrogens is 339 g/mol. The summed E-state index contributed by atoms with van der Waals surface area (Å²) in [7, 11) is 0. The van der Waals surface area contributed by atoms with Crippen LogP contribution in [0, 0.1) is 11.8 Å². The van der Waals surface area contributed by atoms with E-state index >= 15 is 0 Å². The molecule has 1 aromatic carbocycles. The van der Waals surface area contributed by atoms with E-state index < -0.39 is 0 Å². The molecule has 1 aromatic heterocycles. The molecule has 1 heterocycles. The smallest absolute Gasteiger partial charge is 0.228 e. The molecular formula is C16H14Cl2N2O3. The number of anilines is 1. The Bertz CT molecular complexity index is 731. The molecule has 2 N–H and O–H groups in total. The zero-order chi connectivity index (χ0) is 16.4. The molecule has 1 aliphatic carbocycles. The first-order chi connectivity index (χ1) is 11.0. The molecule has 1 fully saturated rings. The minimum absolute atomic E-state index is 0.149. The number of furan rings is 1. The standard InChI is InChI=1S/C16H14Cl2N2O3/c17-9-3-4-14(13(18)6-9)20-16(22)12-7-11(12)15(21)19-8-10-2-1-5-23-10/h1-6,11-12H,7-8H2,(H,19,21)(H,20,22). The summed E-state index contributed by atoms with van der Waals surface area (Å²) in [5, 5.41) is 6.35. The van der Waals surface area contributed by atoms with Crippen molar-refractivity contribution in [3.63, 3.8) is 0 Å². The molecule has 2 aromatic rings. The van der Waals surface area contributed by atoms with E-state index in [-0.39, 0.29) is 23.7 Å². The Morgan fingerprint density at radius 2 is 1.96 bits per heavy atom. The second-order valence-electron chi connectivity index (χ2n) is 5.36. The molecule has 23 heavy (non-hydrogen) atoms. The summed E-state index contributed by atoms with van der Waals surface area (Å²) >= 11 is 11.8. The Labute approximate surface area is 142 Å². The van der Waals surface area contributed by atoms with Crippen molar-refractivity contribution in [3.8, 4) is 0 Å². The molecule has 0 spiro atoms. The van der Waals surface area contributed by atoms with Gasteiger partial charge in [-0.1, -0.05) is 23.2 Å². The maximum Gasteiger partial charge on any atom is 0.228 e. The van der Waals surface area contributed by atoms with Gasteiger partial charge in [-0.3, -0.25) is 9.59 Å². The number of carbonyl (C=O) groups excluding carboxylic acids is 2. The summed E-state index contributed by atoms with van der Waals surface area (Å²) in [6.45, 7) is 0.319. The molecule has 0 bridgehead atoms. The number of nitrogens with one attached hydrogen (secondary N) is 2. The number of halogens is 2. The lowest BCUT2D eigenvalue weighted by molar-refractivity contribution is -0.125. The van der Waals surface area contributed by atoms with Crippen molar-refractivity contribution in [1.29, 1.82) is 0 Å². The van der Waals surface area contributed by atoms with E-state index in [1.54, 1.807) is 36.6 Å². The van der Waals surface area contributed by atoms with Crippen LogP contribution < -0.4 is 10.6 Å². The SMILES string of the molecule is O=C(NCc1ccco1)C1CC1C(=O)Nc1ccc(Cl)cc1Cl. The molecule has 2 atom stereocenters. The van der Waals surface area contributed by atoms with Gasteiger partial charge in [0.25, 0.3) is 0 Å². The topological polar surface area (TPSA) is 71.3 Å². The summed E-state index contributed by atoms with van der Waals surface area (Å²) in [6, 6.07) is 8.37. The highest BCUT2D eigenvalue weighted by molar-refractivity contribution is 6.36. The summed E-state index contributed by atoms with van der Waals surface area (Å²) in [5.74, 6) is -0.335. The predicted octanol–water partition coefficient (Wildman–Crippen LogP) is 3.48. The Hall–Kier alpha value is -1.98. The van der Waals surface area contributed by atoms with E-state index in [9.17, 15) is 9.59 Å². The van der Waals surface area contributed by atoms with Crippen molar-refractivity contribution in [2.24, 2.45) is 11.8 Å². The number of amides is 2. The second-order valence-corrected chi connectivity index (χ2v) is 6.20. The summed E-state index contributed by atoms with van der Waals surface area (Å²) < 4.78 is 5.14. The fourth-order valence-corrected chi connectivity index (χ4v) is 2.77. The van der Waals surface area contributed by atoms with Crippen LogP contribution in [0.1, 0.15) is 12.2 Å². The van der Waals surface area contributed by atoms with Gasteiger partial charge in [-0.05, 0) is 36.8 Å². The van der Waals surface area contributed by atoms with Gasteiger partial charge in [0.1, 0.15) is 5.76 Å². The van der Waals surface area contributed by atoms with Crippen LogP contribution in [-0.2, 0) is 16.1 Å². The molecule has 0 aliphatic heterocycles. The number of hydrogen-bond donors (Lipinski definition) is 2. The highest BCUT2D eigenvalue weighted by atomic mass is 35.5. The van der Waals surface area contributed by atoms with Gasteiger partial charge in [0.15, 0.2) is 0 Å². The number of hydrogen-bond acceptors (Lipinski definition) is 3. The van der Waals surface area contributed by atoms with E-state index in [4.69, 9.17) is 27.6 Å². The van der Waals surface area contributed by atoms with Gasteiger partial charge in [0, 0.05) is 5.02 Å². The van der Waals surface area contributed by atoms with Crippen molar-refractivity contribution in [2.45, 2.75) is 13.0 Å². The molecule has 2 unspecified atom stereocenters. The Kier molecular flexibility index (Phi) is 4.59. The first kappa shape index (κ1) is 15.9. The van der Waals surface area contributed by atoms with Crippen molar-refractivity contribution in [1.82, 2.24) is 5.32 Å². The molecule has 120 valence electrons. The molecule has 0 radical (unpaired) electrons. The Morgan fingerprint density at radius 3 is 2.65 bits per heavy atom. The van der Waals surface area contributed by atoms with E-state index in [1.165, 1.54) is 0 Å². The summed E-state index contributed by atoms with van der Waals surface area (Å²) in [5.41, 5.74) is 0.489. The Balaban J connectivity index is 1.51. The normalized spacial score (nSPS) is 19.2. The van der Waals surface area contributed by atoms with Crippen molar-refractivity contribution >= 4 is 40.7 Å². The first-order valence-corrected chi connectivity index (χ1v) is 7.86. The predicted molar refractivity (Wildman–Crippen MR) is 87.2 cm³/mol. The maximum absolute atomic E-state index is 12.2. The maximum atomic E-state index is 12.2. The van der Waals surface area contributed by atoms with Gasteiger partial charge in [-0.15, -0.1) is 0 Å². The van der Waals surface area contributed by atoms with Gasteiger partial charge in [0.2, 0.25) is 11.8 Å². The fraction of sp³-hybridized carbons (Fsp3) is 0.250. The number of carbonyl (C=O) groups is 2. The van der Waals surface area contributed by atoms with Gasteiger partial charge < -0.3 is 15.1 Å². The molecule has 2 amide bonds. The van der Waals surface area contributed by atoms with Gasteiger partial charge >= 0.3 is 0 Å². The van der Waals surface area contributed by atoms with Crippen LogP contribution in [0.15, 0.2) is 41.0 Å². The largest absolute Gasteiger partial charge is 0.467 e. The monoisotopic (exact) mass is 352 g/mol. The molecule has 3 rings (SSSR count).